The highest BCUT2D eigenvalue weighted by molar-refractivity contribution is 7.05. The first-order valence-corrected chi connectivity index (χ1v) is 7.99. The van der Waals surface area contributed by atoms with Gasteiger partial charge in [0.1, 0.15) is 5.82 Å². The van der Waals surface area contributed by atoms with E-state index in [4.69, 9.17) is 0 Å². The summed E-state index contributed by atoms with van der Waals surface area (Å²) in [7, 11) is 0. The van der Waals surface area contributed by atoms with Crippen molar-refractivity contribution in [2.45, 2.75) is 45.6 Å². The lowest BCUT2D eigenvalue weighted by atomic mass is 9.89. The second-order valence-electron chi connectivity index (χ2n) is 6.18. The van der Waals surface area contributed by atoms with Crippen LogP contribution in [-0.4, -0.2) is 16.1 Å². The number of benzene rings is 1. The first-order chi connectivity index (χ1) is 9.91. The third-order valence-electron chi connectivity index (χ3n) is 3.34. The minimum absolute atomic E-state index is 0.0290. The third kappa shape index (κ3) is 4.08. The van der Waals surface area contributed by atoms with E-state index in [0.717, 1.165) is 24.2 Å². The maximum Gasteiger partial charge on any atom is 0.123 e. The summed E-state index contributed by atoms with van der Waals surface area (Å²) in [6.45, 7) is 9.40. The Morgan fingerprint density at radius 2 is 1.90 bits per heavy atom. The van der Waals surface area contributed by atoms with Gasteiger partial charge in [-0.2, -0.15) is 0 Å². The molecule has 0 radical (unpaired) electrons. The standard InChI is InChI=1S/C16H22FN3S/c1-5-18-13(10-11-6-8-12(17)9-7-11)14-15(16(2,3)4)19-20-21-14/h6-9,13,18H,5,10H2,1-4H3. The average Bonchev–Trinajstić information content (AvgIpc) is 2.90. The van der Waals surface area contributed by atoms with E-state index in [0.29, 0.717) is 0 Å². The minimum atomic E-state index is -0.200. The molecule has 0 saturated carbocycles. The maximum absolute atomic E-state index is 13.0. The van der Waals surface area contributed by atoms with Gasteiger partial charge >= 0.3 is 0 Å². The van der Waals surface area contributed by atoms with Gasteiger partial charge in [0, 0.05) is 11.5 Å². The molecule has 1 heterocycles. The van der Waals surface area contributed by atoms with Crippen LogP contribution in [0.3, 0.4) is 0 Å². The van der Waals surface area contributed by atoms with Crippen molar-refractivity contribution in [1.29, 1.82) is 0 Å². The topological polar surface area (TPSA) is 37.8 Å². The molecule has 0 aliphatic heterocycles. The summed E-state index contributed by atoms with van der Waals surface area (Å²) in [6.07, 6.45) is 0.807. The fraction of sp³-hybridized carbons (Fsp3) is 0.500. The fourth-order valence-corrected chi connectivity index (χ4v) is 3.24. The smallest absolute Gasteiger partial charge is 0.123 e. The second-order valence-corrected chi connectivity index (χ2v) is 6.96. The Balaban J connectivity index is 2.27. The molecule has 21 heavy (non-hydrogen) atoms. The highest BCUT2D eigenvalue weighted by atomic mass is 32.1. The predicted octanol–water partition coefficient (Wildman–Crippen LogP) is 3.87. The lowest BCUT2D eigenvalue weighted by Gasteiger charge is -2.22. The van der Waals surface area contributed by atoms with Gasteiger partial charge in [-0.25, -0.2) is 4.39 Å². The van der Waals surface area contributed by atoms with Crippen LogP contribution in [0.5, 0.6) is 0 Å². The minimum Gasteiger partial charge on any atom is -0.309 e. The van der Waals surface area contributed by atoms with Crippen LogP contribution in [0.2, 0.25) is 0 Å². The first kappa shape index (κ1) is 16.0. The van der Waals surface area contributed by atoms with Crippen molar-refractivity contribution >= 4 is 11.5 Å². The number of likely N-dealkylation sites (N-methyl/N-ethyl adjacent to an activating group) is 1. The Morgan fingerprint density at radius 3 is 2.48 bits per heavy atom. The van der Waals surface area contributed by atoms with Crippen molar-refractivity contribution in [1.82, 2.24) is 14.9 Å². The van der Waals surface area contributed by atoms with Gasteiger partial charge in [-0.15, -0.1) is 5.10 Å². The molecule has 5 heteroatoms. The summed E-state index contributed by atoms with van der Waals surface area (Å²) < 4.78 is 17.2. The molecule has 1 aromatic heterocycles. The third-order valence-corrected chi connectivity index (χ3v) is 4.18. The van der Waals surface area contributed by atoms with E-state index in [1.54, 1.807) is 0 Å². The molecule has 0 fully saturated rings. The van der Waals surface area contributed by atoms with E-state index in [1.165, 1.54) is 28.5 Å². The molecule has 2 aromatic rings. The van der Waals surface area contributed by atoms with E-state index >= 15 is 0 Å². The van der Waals surface area contributed by atoms with E-state index < -0.39 is 0 Å². The summed E-state index contributed by atoms with van der Waals surface area (Å²) in [6, 6.07) is 6.85. The van der Waals surface area contributed by atoms with Crippen LogP contribution in [0, 0.1) is 5.82 Å². The monoisotopic (exact) mass is 307 g/mol. The molecule has 2 rings (SSSR count). The number of rotatable bonds is 5. The van der Waals surface area contributed by atoms with Crippen LogP contribution in [-0.2, 0) is 11.8 Å². The van der Waals surface area contributed by atoms with Crippen LogP contribution in [0.15, 0.2) is 24.3 Å². The van der Waals surface area contributed by atoms with Crippen LogP contribution < -0.4 is 5.32 Å². The van der Waals surface area contributed by atoms with E-state index in [9.17, 15) is 4.39 Å². The molecule has 0 amide bonds. The van der Waals surface area contributed by atoms with Crippen molar-refractivity contribution in [3.05, 3.63) is 46.2 Å². The van der Waals surface area contributed by atoms with Crippen molar-refractivity contribution in [2.24, 2.45) is 0 Å². The summed E-state index contributed by atoms with van der Waals surface area (Å²) in [5.41, 5.74) is 2.12. The highest BCUT2D eigenvalue weighted by Crippen LogP contribution is 2.32. The average molecular weight is 307 g/mol. The Hall–Kier alpha value is -1.33. The number of nitrogens with zero attached hydrogens (tertiary/aromatic N) is 2. The largest absolute Gasteiger partial charge is 0.309 e. The number of nitrogens with one attached hydrogen (secondary N) is 1. The Kier molecular flexibility index (Phi) is 5.06. The molecule has 0 aliphatic rings. The van der Waals surface area contributed by atoms with Crippen LogP contribution in [0.4, 0.5) is 4.39 Å². The van der Waals surface area contributed by atoms with Gasteiger partial charge in [-0.3, -0.25) is 0 Å². The van der Waals surface area contributed by atoms with Crippen LogP contribution >= 0.6 is 11.5 Å². The van der Waals surface area contributed by atoms with Gasteiger partial charge < -0.3 is 5.32 Å². The van der Waals surface area contributed by atoms with Gasteiger partial charge in [0.2, 0.25) is 0 Å². The first-order valence-electron chi connectivity index (χ1n) is 7.22. The molecule has 114 valence electrons. The Bertz CT molecular complexity index is 572. The van der Waals surface area contributed by atoms with Crippen molar-refractivity contribution < 1.29 is 4.39 Å². The van der Waals surface area contributed by atoms with Crippen molar-refractivity contribution in [3.63, 3.8) is 0 Å². The molecule has 0 bridgehead atoms. The highest BCUT2D eigenvalue weighted by Gasteiger charge is 2.27. The molecule has 0 aliphatic carbocycles. The Labute approximate surface area is 129 Å². The molecule has 0 saturated heterocycles. The van der Waals surface area contributed by atoms with Gasteiger partial charge in [-0.05, 0) is 42.2 Å². The predicted molar refractivity (Wildman–Crippen MR) is 85.1 cm³/mol. The van der Waals surface area contributed by atoms with Crippen molar-refractivity contribution in [2.75, 3.05) is 6.54 Å². The number of hydrogen-bond acceptors (Lipinski definition) is 4. The molecule has 1 N–H and O–H groups in total. The van der Waals surface area contributed by atoms with Crippen LogP contribution in [0.25, 0.3) is 0 Å². The molecular formula is C16H22FN3S. The molecule has 1 unspecified atom stereocenters. The molecule has 0 spiro atoms. The van der Waals surface area contributed by atoms with E-state index in [-0.39, 0.29) is 17.3 Å². The van der Waals surface area contributed by atoms with Crippen molar-refractivity contribution in [3.8, 4) is 0 Å². The van der Waals surface area contributed by atoms with Crippen LogP contribution in [0.1, 0.15) is 49.9 Å². The zero-order chi connectivity index (χ0) is 15.5. The SMILES string of the molecule is CCNC(Cc1ccc(F)cc1)c1snnc1C(C)(C)C. The van der Waals surface area contributed by atoms with Gasteiger partial charge in [-0.1, -0.05) is 44.3 Å². The molecule has 1 aromatic carbocycles. The Morgan fingerprint density at radius 1 is 1.24 bits per heavy atom. The normalized spacial score (nSPS) is 13.4. The molecule has 1 atom stereocenters. The zero-order valence-electron chi connectivity index (χ0n) is 13.0. The van der Waals surface area contributed by atoms with E-state index in [1.807, 2.05) is 12.1 Å². The fourth-order valence-electron chi connectivity index (χ4n) is 2.31. The molecule has 3 nitrogen and oxygen atoms in total. The lowest BCUT2D eigenvalue weighted by Crippen LogP contribution is -2.25. The number of halogens is 1. The summed E-state index contributed by atoms with van der Waals surface area (Å²) >= 11 is 1.45. The van der Waals surface area contributed by atoms with Gasteiger partial charge in [0.15, 0.2) is 0 Å². The van der Waals surface area contributed by atoms with Gasteiger partial charge in [0.05, 0.1) is 10.6 Å². The maximum atomic E-state index is 13.0. The summed E-state index contributed by atoms with van der Waals surface area (Å²) in [4.78, 5) is 1.17. The van der Waals surface area contributed by atoms with E-state index in [2.05, 4.69) is 42.6 Å². The second kappa shape index (κ2) is 6.62. The summed E-state index contributed by atoms with van der Waals surface area (Å²) in [5.74, 6) is -0.200. The summed E-state index contributed by atoms with van der Waals surface area (Å²) in [5, 5.41) is 7.81. The molecular weight excluding hydrogens is 285 g/mol. The number of aromatic nitrogens is 2. The lowest BCUT2D eigenvalue weighted by molar-refractivity contribution is 0.514. The van der Waals surface area contributed by atoms with Gasteiger partial charge in [0.25, 0.3) is 0 Å². The quantitative estimate of drug-likeness (QED) is 0.911. The zero-order valence-corrected chi connectivity index (χ0v) is 13.8. The number of hydrogen-bond donors (Lipinski definition) is 1.